The molecular weight excluding hydrogens is 219 g/mol. The van der Waals surface area contributed by atoms with Crippen LogP contribution in [0.15, 0.2) is 29.3 Å². The molecule has 0 saturated heterocycles. The molecule has 0 spiro atoms. The standard InChI is InChI=1S/C10H12F3N3/c1-15-9(14)16(2)8-5-3-4-7(6-8)10(11,12)13/h3-6H,1-2H3,(H2,14,15). The summed E-state index contributed by atoms with van der Waals surface area (Å²) in [7, 11) is 3.03. The fraction of sp³-hybridized carbons (Fsp3) is 0.300. The van der Waals surface area contributed by atoms with E-state index in [4.69, 9.17) is 5.73 Å². The van der Waals surface area contributed by atoms with E-state index < -0.39 is 11.7 Å². The van der Waals surface area contributed by atoms with Gasteiger partial charge >= 0.3 is 6.18 Å². The van der Waals surface area contributed by atoms with E-state index in [1.807, 2.05) is 0 Å². The number of guanidine groups is 1. The van der Waals surface area contributed by atoms with Gasteiger partial charge in [0.05, 0.1) is 5.56 Å². The Balaban J connectivity index is 3.09. The largest absolute Gasteiger partial charge is 0.416 e. The third-order valence-electron chi connectivity index (χ3n) is 2.13. The van der Waals surface area contributed by atoms with Crippen LogP contribution >= 0.6 is 0 Å². The molecule has 0 unspecified atom stereocenters. The molecule has 0 heterocycles. The van der Waals surface area contributed by atoms with E-state index in [2.05, 4.69) is 4.99 Å². The van der Waals surface area contributed by atoms with Crippen LogP contribution < -0.4 is 10.6 Å². The fourth-order valence-corrected chi connectivity index (χ4v) is 1.17. The lowest BCUT2D eigenvalue weighted by molar-refractivity contribution is -0.137. The molecule has 0 fully saturated rings. The summed E-state index contributed by atoms with van der Waals surface area (Å²) in [6.07, 6.45) is -4.35. The van der Waals surface area contributed by atoms with Crippen LogP contribution in [0.25, 0.3) is 0 Å². The Morgan fingerprint density at radius 3 is 2.50 bits per heavy atom. The third kappa shape index (κ3) is 2.65. The number of nitrogens with two attached hydrogens (primary N) is 1. The monoisotopic (exact) mass is 231 g/mol. The van der Waals surface area contributed by atoms with E-state index in [-0.39, 0.29) is 5.96 Å². The van der Waals surface area contributed by atoms with E-state index in [1.165, 1.54) is 24.1 Å². The number of hydrogen-bond acceptors (Lipinski definition) is 1. The van der Waals surface area contributed by atoms with Crippen LogP contribution in [0.4, 0.5) is 18.9 Å². The summed E-state index contributed by atoms with van der Waals surface area (Å²) >= 11 is 0. The number of rotatable bonds is 1. The number of alkyl halides is 3. The predicted octanol–water partition coefficient (Wildman–Crippen LogP) is 2.09. The molecule has 16 heavy (non-hydrogen) atoms. The lowest BCUT2D eigenvalue weighted by Gasteiger charge is -2.19. The van der Waals surface area contributed by atoms with Crippen molar-refractivity contribution in [1.29, 1.82) is 0 Å². The molecule has 0 radical (unpaired) electrons. The zero-order valence-electron chi connectivity index (χ0n) is 8.92. The summed E-state index contributed by atoms with van der Waals surface area (Å²) in [6, 6.07) is 4.90. The van der Waals surface area contributed by atoms with Crippen molar-refractivity contribution in [3.8, 4) is 0 Å². The highest BCUT2D eigenvalue weighted by atomic mass is 19.4. The first-order chi connectivity index (χ1) is 7.36. The second-order valence-corrected chi connectivity index (χ2v) is 3.19. The number of nitrogens with zero attached hydrogens (tertiary/aromatic N) is 2. The Labute approximate surface area is 91.4 Å². The maximum absolute atomic E-state index is 12.4. The lowest BCUT2D eigenvalue weighted by atomic mass is 10.2. The molecule has 6 heteroatoms. The highest BCUT2D eigenvalue weighted by molar-refractivity contribution is 5.94. The Kier molecular flexibility index (Phi) is 3.41. The predicted molar refractivity (Wildman–Crippen MR) is 57.4 cm³/mol. The molecule has 0 aliphatic carbocycles. The van der Waals surface area contributed by atoms with Crippen molar-refractivity contribution in [2.24, 2.45) is 10.7 Å². The number of aliphatic imine (C=N–C) groups is 1. The van der Waals surface area contributed by atoms with Crippen LogP contribution in [-0.2, 0) is 6.18 Å². The summed E-state index contributed by atoms with van der Waals surface area (Å²) < 4.78 is 37.3. The van der Waals surface area contributed by atoms with Gasteiger partial charge in [-0.3, -0.25) is 4.99 Å². The zero-order valence-corrected chi connectivity index (χ0v) is 8.92. The lowest BCUT2D eigenvalue weighted by Crippen LogP contribution is -2.33. The van der Waals surface area contributed by atoms with Crippen molar-refractivity contribution in [3.63, 3.8) is 0 Å². The Hall–Kier alpha value is -1.72. The van der Waals surface area contributed by atoms with Crippen LogP contribution in [0.1, 0.15) is 5.56 Å². The van der Waals surface area contributed by atoms with Crippen LogP contribution in [0.3, 0.4) is 0 Å². The van der Waals surface area contributed by atoms with E-state index in [0.717, 1.165) is 12.1 Å². The maximum atomic E-state index is 12.4. The maximum Gasteiger partial charge on any atom is 0.416 e. The van der Waals surface area contributed by atoms with Gasteiger partial charge < -0.3 is 10.6 Å². The smallest absolute Gasteiger partial charge is 0.370 e. The topological polar surface area (TPSA) is 41.6 Å². The molecule has 0 saturated carbocycles. The Morgan fingerprint density at radius 2 is 2.00 bits per heavy atom. The summed E-state index contributed by atoms with van der Waals surface area (Å²) in [5.41, 5.74) is 5.14. The van der Waals surface area contributed by atoms with Gasteiger partial charge in [0.15, 0.2) is 5.96 Å². The summed E-state index contributed by atoms with van der Waals surface area (Å²) in [5.74, 6) is 0.152. The molecule has 1 aromatic rings. The Morgan fingerprint density at radius 1 is 1.38 bits per heavy atom. The molecule has 3 nitrogen and oxygen atoms in total. The number of halogens is 3. The van der Waals surface area contributed by atoms with Gasteiger partial charge in [0.1, 0.15) is 0 Å². The first-order valence-corrected chi connectivity index (χ1v) is 4.49. The molecule has 0 aliphatic heterocycles. The van der Waals surface area contributed by atoms with Crippen molar-refractivity contribution in [2.45, 2.75) is 6.18 Å². The molecule has 0 aromatic heterocycles. The normalized spacial score (nSPS) is 12.7. The minimum absolute atomic E-state index is 0.152. The second kappa shape index (κ2) is 4.42. The van der Waals surface area contributed by atoms with Gasteiger partial charge in [-0.05, 0) is 18.2 Å². The highest BCUT2D eigenvalue weighted by Crippen LogP contribution is 2.31. The average molecular weight is 231 g/mol. The molecule has 0 atom stereocenters. The van der Waals surface area contributed by atoms with E-state index in [9.17, 15) is 13.2 Å². The molecular formula is C10H12F3N3. The minimum atomic E-state index is -4.35. The van der Waals surface area contributed by atoms with Gasteiger partial charge in [-0.25, -0.2) is 0 Å². The second-order valence-electron chi connectivity index (χ2n) is 3.19. The number of hydrogen-bond donors (Lipinski definition) is 1. The van der Waals surface area contributed by atoms with Gasteiger partial charge in [-0.2, -0.15) is 13.2 Å². The van der Waals surface area contributed by atoms with Gasteiger partial charge in [-0.15, -0.1) is 0 Å². The van der Waals surface area contributed by atoms with Crippen LogP contribution in [0.2, 0.25) is 0 Å². The van der Waals surface area contributed by atoms with Crippen molar-refractivity contribution < 1.29 is 13.2 Å². The molecule has 1 aromatic carbocycles. The SMILES string of the molecule is CN=C(N)N(C)c1cccc(C(F)(F)F)c1. The fourth-order valence-electron chi connectivity index (χ4n) is 1.17. The van der Waals surface area contributed by atoms with Crippen molar-refractivity contribution >= 4 is 11.6 Å². The summed E-state index contributed by atoms with van der Waals surface area (Å²) in [5, 5.41) is 0. The number of anilines is 1. The first kappa shape index (κ1) is 12.4. The molecule has 1 rings (SSSR count). The van der Waals surface area contributed by atoms with Crippen molar-refractivity contribution in [1.82, 2.24) is 0 Å². The zero-order chi connectivity index (χ0) is 12.3. The van der Waals surface area contributed by atoms with Gasteiger partial charge in [0, 0.05) is 19.8 Å². The van der Waals surface area contributed by atoms with Gasteiger partial charge in [0.2, 0.25) is 0 Å². The van der Waals surface area contributed by atoms with Crippen LogP contribution in [0.5, 0.6) is 0 Å². The highest BCUT2D eigenvalue weighted by Gasteiger charge is 2.30. The Bertz CT molecular complexity index is 399. The molecule has 2 N–H and O–H groups in total. The molecule has 88 valence electrons. The molecule has 0 amide bonds. The summed E-state index contributed by atoms with van der Waals surface area (Å²) in [4.78, 5) is 5.08. The summed E-state index contributed by atoms with van der Waals surface area (Å²) in [6.45, 7) is 0. The quantitative estimate of drug-likeness (QED) is 0.594. The third-order valence-corrected chi connectivity index (χ3v) is 2.13. The van der Waals surface area contributed by atoms with Crippen LogP contribution in [-0.4, -0.2) is 20.1 Å². The first-order valence-electron chi connectivity index (χ1n) is 4.49. The average Bonchev–Trinajstić information content (AvgIpc) is 2.26. The van der Waals surface area contributed by atoms with E-state index >= 15 is 0 Å². The van der Waals surface area contributed by atoms with Crippen LogP contribution in [0, 0.1) is 0 Å². The van der Waals surface area contributed by atoms with Crippen molar-refractivity contribution in [3.05, 3.63) is 29.8 Å². The van der Waals surface area contributed by atoms with E-state index in [1.54, 1.807) is 7.05 Å². The molecule has 0 aliphatic rings. The van der Waals surface area contributed by atoms with Gasteiger partial charge in [-0.1, -0.05) is 6.07 Å². The van der Waals surface area contributed by atoms with Crippen molar-refractivity contribution in [2.75, 3.05) is 19.0 Å². The number of benzene rings is 1. The van der Waals surface area contributed by atoms with E-state index in [0.29, 0.717) is 5.69 Å². The minimum Gasteiger partial charge on any atom is -0.370 e. The molecule has 0 bridgehead atoms. The van der Waals surface area contributed by atoms with Gasteiger partial charge in [0.25, 0.3) is 0 Å².